The summed E-state index contributed by atoms with van der Waals surface area (Å²) in [5, 5.41) is 7.94. The minimum Gasteiger partial charge on any atom is -0.379 e. The van der Waals surface area contributed by atoms with Crippen LogP contribution in [0.4, 0.5) is 0 Å². The Morgan fingerprint density at radius 2 is 2.13 bits per heavy atom. The van der Waals surface area contributed by atoms with Crippen molar-refractivity contribution in [2.45, 2.75) is 13.1 Å². The molecule has 2 heterocycles. The van der Waals surface area contributed by atoms with E-state index in [4.69, 9.17) is 10.5 Å². The smallest absolute Gasteiger partial charge is 0.0962 e. The van der Waals surface area contributed by atoms with Gasteiger partial charge in [0.25, 0.3) is 0 Å². The third-order valence-electron chi connectivity index (χ3n) is 2.54. The molecule has 2 N–H and O–H groups in total. The molecule has 1 aromatic heterocycles. The third-order valence-corrected chi connectivity index (χ3v) is 2.54. The second-order valence-electron chi connectivity index (χ2n) is 3.63. The fourth-order valence-electron chi connectivity index (χ4n) is 1.61. The number of nitrogens with two attached hydrogens (primary N) is 1. The van der Waals surface area contributed by atoms with Gasteiger partial charge < -0.3 is 10.5 Å². The highest BCUT2D eigenvalue weighted by molar-refractivity contribution is 4.90. The monoisotopic (exact) mass is 211 g/mol. The van der Waals surface area contributed by atoms with E-state index in [2.05, 4.69) is 15.2 Å². The predicted octanol–water partition coefficient (Wildman–Crippen LogP) is -0.931. The number of ether oxygens (including phenoxy) is 1. The standard InChI is InChI=1S/C9H17N5O/c10-7-9-8-14(12-11-9)2-1-13-3-5-15-6-4-13/h8H,1-7,10H2. The molecular weight excluding hydrogens is 194 g/mol. The molecule has 0 amide bonds. The largest absolute Gasteiger partial charge is 0.379 e. The molecule has 1 fully saturated rings. The van der Waals surface area contributed by atoms with E-state index in [9.17, 15) is 0 Å². The van der Waals surface area contributed by atoms with Gasteiger partial charge in [0.05, 0.1) is 25.5 Å². The summed E-state index contributed by atoms with van der Waals surface area (Å²) >= 11 is 0. The highest BCUT2D eigenvalue weighted by Gasteiger charge is 2.10. The summed E-state index contributed by atoms with van der Waals surface area (Å²) in [5.74, 6) is 0. The van der Waals surface area contributed by atoms with Gasteiger partial charge in [-0.2, -0.15) is 0 Å². The molecule has 0 bridgehead atoms. The molecular formula is C9H17N5O. The fourth-order valence-corrected chi connectivity index (χ4v) is 1.61. The molecule has 0 atom stereocenters. The lowest BCUT2D eigenvalue weighted by Crippen LogP contribution is -2.38. The Labute approximate surface area is 89.0 Å². The van der Waals surface area contributed by atoms with Gasteiger partial charge in [0, 0.05) is 32.4 Å². The van der Waals surface area contributed by atoms with Crippen molar-refractivity contribution in [3.63, 3.8) is 0 Å². The van der Waals surface area contributed by atoms with Crippen molar-refractivity contribution in [2.24, 2.45) is 5.73 Å². The molecule has 2 rings (SSSR count). The van der Waals surface area contributed by atoms with Crippen molar-refractivity contribution in [3.05, 3.63) is 11.9 Å². The SMILES string of the molecule is NCc1cn(CCN2CCOCC2)nn1. The number of rotatable bonds is 4. The van der Waals surface area contributed by atoms with Gasteiger partial charge in [0.2, 0.25) is 0 Å². The third kappa shape index (κ3) is 2.98. The first-order chi connectivity index (χ1) is 7.38. The predicted molar refractivity (Wildman–Crippen MR) is 55.2 cm³/mol. The summed E-state index contributed by atoms with van der Waals surface area (Å²) in [4.78, 5) is 2.37. The topological polar surface area (TPSA) is 69.2 Å². The average molecular weight is 211 g/mol. The molecule has 0 aliphatic carbocycles. The highest BCUT2D eigenvalue weighted by atomic mass is 16.5. The molecule has 1 aliphatic heterocycles. The first kappa shape index (κ1) is 10.5. The van der Waals surface area contributed by atoms with Gasteiger partial charge in [0.15, 0.2) is 0 Å². The van der Waals surface area contributed by atoms with E-state index in [1.165, 1.54) is 0 Å². The van der Waals surface area contributed by atoms with Crippen LogP contribution in [0.2, 0.25) is 0 Å². The molecule has 1 saturated heterocycles. The number of hydrogen-bond acceptors (Lipinski definition) is 5. The lowest BCUT2D eigenvalue weighted by Gasteiger charge is -2.26. The maximum atomic E-state index is 5.46. The lowest BCUT2D eigenvalue weighted by molar-refractivity contribution is 0.0359. The second kappa shape index (κ2) is 5.20. The molecule has 84 valence electrons. The quantitative estimate of drug-likeness (QED) is 0.696. The maximum absolute atomic E-state index is 5.46. The highest BCUT2D eigenvalue weighted by Crippen LogP contribution is 1.98. The molecule has 1 aliphatic rings. The summed E-state index contributed by atoms with van der Waals surface area (Å²) in [6.45, 7) is 6.02. The zero-order chi connectivity index (χ0) is 10.5. The zero-order valence-electron chi connectivity index (χ0n) is 8.80. The summed E-state index contributed by atoms with van der Waals surface area (Å²) in [7, 11) is 0. The van der Waals surface area contributed by atoms with Crippen molar-refractivity contribution in [3.8, 4) is 0 Å². The second-order valence-corrected chi connectivity index (χ2v) is 3.63. The van der Waals surface area contributed by atoms with Gasteiger partial charge in [-0.1, -0.05) is 5.21 Å². The average Bonchev–Trinajstić information content (AvgIpc) is 2.76. The van der Waals surface area contributed by atoms with Crippen LogP contribution in [0.1, 0.15) is 5.69 Å². The van der Waals surface area contributed by atoms with Crippen LogP contribution in [0.3, 0.4) is 0 Å². The minimum absolute atomic E-state index is 0.456. The van der Waals surface area contributed by atoms with Gasteiger partial charge in [-0.15, -0.1) is 5.10 Å². The van der Waals surface area contributed by atoms with Crippen molar-refractivity contribution < 1.29 is 4.74 Å². The first-order valence-electron chi connectivity index (χ1n) is 5.27. The Kier molecular flexibility index (Phi) is 3.65. The normalized spacial score (nSPS) is 18.2. The van der Waals surface area contributed by atoms with Crippen LogP contribution < -0.4 is 5.73 Å². The molecule has 1 aromatic rings. The maximum Gasteiger partial charge on any atom is 0.0962 e. The summed E-state index contributed by atoms with van der Waals surface area (Å²) < 4.78 is 7.13. The van der Waals surface area contributed by atoms with Crippen LogP contribution in [0.5, 0.6) is 0 Å². The summed E-state index contributed by atoms with van der Waals surface area (Å²) in [6.07, 6.45) is 1.90. The van der Waals surface area contributed by atoms with E-state index in [0.717, 1.165) is 45.1 Å². The van der Waals surface area contributed by atoms with Gasteiger partial charge in [-0.05, 0) is 0 Å². The van der Waals surface area contributed by atoms with Gasteiger partial charge >= 0.3 is 0 Å². The Morgan fingerprint density at radius 1 is 1.33 bits per heavy atom. The molecule has 15 heavy (non-hydrogen) atoms. The van der Waals surface area contributed by atoms with E-state index >= 15 is 0 Å². The van der Waals surface area contributed by atoms with Crippen LogP contribution in [0, 0.1) is 0 Å². The van der Waals surface area contributed by atoms with Gasteiger partial charge in [-0.25, -0.2) is 0 Å². The number of nitrogens with zero attached hydrogens (tertiary/aromatic N) is 4. The fraction of sp³-hybridized carbons (Fsp3) is 0.778. The molecule has 6 heteroatoms. The zero-order valence-corrected chi connectivity index (χ0v) is 8.80. The van der Waals surface area contributed by atoms with Crippen molar-refractivity contribution in [1.82, 2.24) is 19.9 Å². The Bertz CT molecular complexity index is 294. The lowest BCUT2D eigenvalue weighted by atomic mass is 10.4. The van der Waals surface area contributed by atoms with Crippen LogP contribution in [-0.2, 0) is 17.8 Å². The molecule has 0 spiro atoms. The molecule has 0 saturated carbocycles. The van der Waals surface area contributed by atoms with Gasteiger partial charge in [-0.3, -0.25) is 9.58 Å². The summed E-state index contributed by atoms with van der Waals surface area (Å²) in [6, 6.07) is 0. The molecule has 0 aromatic carbocycles. The molecule has 6 nitrogen and oxygen atoms in total. The van der Waals surface area contributed by atoms with E-state index in [1.54, 1.807) is 0 Å². The van der Waals surface area contributed by atoms with Crippen molar-refractivity contribution in [1.29, 1.82) is 0 Å². The molecule has 0 radical (unpaired) electrons. The first-order valence-corrected chi connectivity index (χ1v) is 5.27. The van der Waals surface area contributed by atoms with Crippen molar-refractivity contribution >= 4 is 0 Å². The van der Waals surface area contributed by atoms with Gasteiger partial charge in [0.1, 0.15) is 0 Å². The number of hydrogen-bond donors (Lipinski definition) is 1. The number of aromatic nitrogens is 3. The summed E-state index contributed by atoms with van der Waals surface area (Å²) in [5.41, 5.74) is 6.30. The van der Waals surface area contributed by atoms with Crippen LogP contribution in [-0.4, -0.2) is 52.7 Å². The Hall–Kier alpha value is -0.980. The van der Waals surface area contributed by atoms with E-state index in [-0.39, 0.29) is 0 Å². The van der Waals surface area contributed by atoms with Crippen LogP contribution in [0.15, 0.2) is 6.20 Å². The van der Waals surface area contributed by atoms with Crippen LogP contribution >= 0.6 is 0 Å². The van der Waals surface area contributed by atoms with E-state index in [0.29, 0.717) is 6.54 Å². The van der Waals surface area contributed by atoms with E-state index < -0.39 is 0 Å². The minimum atomic E-state index is 0.456. The van der Waals surface area contributed by atoms with E-state index in [1.807, 2.05) is 10.9 Å². The molecule has 0 unspecified atom stereocenters. The van der Waals surface area contributed by atoms with Crippen LogP contribution in [0.25, 0.3) is 0 Å². The Morgan fingerprint density at radius 3 is 2.80 bits per heavy atom. The Balaban J connectivity index is 1.76. The number of morpholine rings is 1. The van der Waals surface area contributed by atoms with Crippen molar-refractivity contribution in [2.75, 3.05) is 32.8 Å².